The van der Waals surface area contributed by atoms with Crippen molar-refractivity contribution < 1.29 is 0 Å². The van der Waals surface area contributed by atoms with Crippen molar-refractivity contribution in [2.24, 2.45) is 5.73 Å². The Morgan fingerprint density at radius 3 is 2.48 bits per heavy atom. The SMILES string of the molecule is CCc1cc2nc(C)[nH]c2cc1C.NC1CCN(Cc2ccccc2)CC1. The first-order valence-corrected chi connectivity index (χ1v) is 10.0. The first-order chi connectivity index (χ1) is 13.0. The largest absolute Gasteiger partial charge is 0.342 e. The second-order valence-electron chi connectivity index (χ2n) is 7.57. The molecule has 1 aromatic heterocycles. The van der Waals surface area contributed by atoms with Crippen LogP contribution in [0, 0.1) is 13.8 Å². The van der Waals surface area contributed by atoms with E-state index in [1.807, 2.05) is 6.92 Å². The second kappa shape index (κ2) is 9.16. The van der Waals surface area contributed by atoms with Crippen LogP contribution in [-0.4, -0.2) is 34.0 Å². The van der Waals surface area contributed by atoms with E-state index in [1.54, 1.807) is 0 Å². The summed E-state index contributed by atoms with van der Waals surface area (Å²) in [5, 5.41) is 0. The van der Waals surface area contributed by atoms with E-state index in [-0.39, 0.29) is 0 Å². The number of rotatable bonds is 3. The molecule has 0 unspecified atom stereocenters. The number of imidazole rings is 1. The zero-order valence-corrected chi connectivity index (χ0v) is 16.8. The van der Waals surface area contributed by atoms with Crippen LogP contribution >= 0.6 is 0 Å². The van der Waals surface area contributed by atoms with Gasteiger partial charge in [0.2, 0.25) is 0 Å². The summed E-state index contributed by atoms with van der Waals surface area (Å²) < 4.78 is 0. The van der Waals surface area contributed by atoms with Crippen LogP contribution in [0.1, 0.15) is 42.3 Å². The highest BCUT2D eigenvalue weighted by Crippen LogP contribution is 2.18. The first kappa shape index (κ1) is 19.6. The monoisotopic (exact) mass is 364 g/mol. The van der Waals surface area contributed by atoms with Gasteiger partial charge in [-0.05, 0) is 75.0 Å². The van der Waals surface area contributed by atoms with E-state index in [9.17, 15) is 0 Å². The van der Waals surface area contributed by atoms with Gasteiger partial charge in [-0.2, -0.15) is 0 Å². The molecule has 0 aliphatic carbocycles. The van der Waals surface area contributed by atoms with Crippen LogP contribution in [0.15, 0.2) is 42.5 Å². The maximum absolute atomic E-state index is 5.86. The van der Waals surface area contributed by atoms with Crippen molar-refractivity contribution in [1.82, 2.24) is 14.9 Å². The van der Waals surface area contributed by atoms with E-state index in [0.717, 1.165) is 55.8 Å². The predicted octanol–water partition coefficient (Wildman–Crippen LogP) is 4.35. The highest BCUT2D eigenvalue weighted by Gasteiger charge is 2.15. The average Bonchev–Trinajstić information content (AvgIpc) is 3.03. The zero-order valence-electron chi connectivity index (χ0n) is 16.8. The molecule has 144 valence electrons. The van der Waals surface area contributed by atoms with Crippen molar-refractivity contribution in [3.63, 3.8) is 0 Å². The lowest BCUT2D eigenvalue weighted by molar-refractivity contribution is 0.205. The number of hydrogen-bond donors (Lipinski definition) is 2. The summed E-state index contributed by atoms with van der Waals surface area (Å²) in [6, 6.07) is 15.4. The average molecular weight is 365 g/mol. The van der Waals surface area contributed by atoms with Crippen molar-refractivity contribution in [2.75, 3.05) is 13.1 Å². The van der Waals surface area contributed by atoms with Gasteiger partial charge < -0.3 is 10.7 Å². The number of fused-ring (bicyclic) bond motifs is 1. The number of aromatic amines is 1. The van der Waals surface area contributed by atoms with E-state index >= 15 is 0 Å². The summed E-state index contributed by atoms with van der Waals surface area (Å²) in [5.41, 5.74) is 12.2. The quantitative estimate of drug-likeness (QED) is 0.726. The summed E-state index contributed by atoms with van der Waals surface area (Å²) >= 11 is 0. The van der Waals surface area contributed by atoms with E-state index in [4.69, 9.17) is 5.73 Å². The fourth-order valence-corrected chi connectivity index (χ4v) is 3.67. The number of likely N-dealkylation sites (tertiary alicyclic amines) is 1. The summed E-state index contributed by atoms with van der Waals surface area (Å²) in [6.45, 7) is 9.68. The standard InChI is InChI=1S/C12H18N2.C11H14N2/c13-12-6-8-14(9-7-12)10-11-4-2-1-3-5-11;1-4-9-6-11-10(5-7(9)2)12-8(3)13-11/h1-5,12H,6-10,13H2;5-6H,4H2,1-3H3,(H,12,13). The lowest BCUT2D eigenvalue weighted by atomic mass is 10.1. The Hall–Kier alpha value is -2.17. The molecule has 4 rings (SSSR count). The number of hydrogen-bond acceptors (Lipinski definition) is 3. The molecule has 1 fully saturated rings. The van der Waals surface area contributed by atoms with E-state index in [0.29, 0.717) is 6.04 Å². The molecule has 0 radical (unpaired) electrons. The van der Waals surface area contributed by atoms with Gasteiger partial charge in [-0.3, -0.25) is 4.90 Å². The molecule has 2 heterocycles. The fourth-order valence-electron chi connectivity index (χ4n) is 3.67. The van der Waals surface area contributed by atoms with Gasteiger partial charge in [0.25, 0.3) is 0 Å². The summed E-state index contributed by atoms with van der Waals surface area (Å²) in [7, 11) is 0. The van der Waals surface area contributed by atoms with Crippen molar-refractivity contribution in [3.05, 3.63) is 65.0 Å². The minimum absolute atomic E-state index is 0.432. The molecule has 0 saturated carbocycles. The Bertz CT molecular complexity index is 845. The molecule has 0 amide bonds. The van der Waals surface area contributed by atoms with Crippen LogP contribution in [0.3, 0.4) is 0 Å². The lowest BCUT2D eigenvalue weighted by Crippen LogP contribution is -2.39. The third-order valence-electron chi connectivity index (χ3n) is 5.32. The van der Waals surface area contributed by atoms with Crippen LogP contribution in [0.4, 0.5) is 0 Å². The molecule has 0 spiro atoms. The number of aromatic nitrogens is 2. The second-order valence-corrected chi connectivity index (χ2v) is 7.57. The van der Waals surface area contributed by atoms with Gasteiger partial charge in [-0.15, -0.1) is 0 Å². The van der Waals surface area contributed by atoms with Gasteiger partial charge in [0, 0.05) is 12.6 Å². The number of nitrogens with one attached hydrogen (secondary N) is 1. The summed E-state index contributed by atoms with van der Waals surface area (Å²) in [4.78, 5) is 10.1. The lowest BCUT2D eigenvalue weighted by Gasteiger charge is -2.29. The number of nitrogens with two attached hydrogens (primary N) is 1. The van der Waals surface area contributed by atoms with Crippen LogP contribution in [-0.2, 0) is 13.0 Å². The van der Waals surface area contributed by atoms with Crippen molar-refractivity contribution in [2.45, 2.75) is 52.6 Å². The first-order valence-electron chi connectivity index (χ1n) is 10.0. The highest BCUT2D eigenvalue weighted by atomic mass is 15.1. The van der Waals surface area contributed by atoms with Gasteiger partial charge in [-0.25, -0.2) is 4.98 Å². The minimum Gasteiger partial charge on any atom is -0.342 e. The smallest absolute Gasteiger partial charge is 0.104 e. The Morgan fingerprint density at radius 1 is 1.11 bits per heavy atom. The molecule has 27 heavy (non-hydrogen) atoms. The van der Waals surface area contributed by atoms with Crippen molar-refractivity contribution in [1.29, 1.82) is 0 Å². The Balaban J connectivity index is 0.000000156. The van der Waals surface area contributed by atoms with Crippen molar-refractivity contribution in [3.8, 4) is 0 Å². The molecule has 1 aliphatic rings. The number of H-pyrrole nitrogens is 1. The molecule has 2 aromatic carbocycles. The van der Waals surface area contributed by atoms with Crippen molar-refractivity contribution >= 4 is 11.0 Å². The summed E-state index contributed by atoms with van der Waals surface area (Å²) in [6.07, 6.45) is 3.37. The molecule has 1 aliphatic heterocycles. The molecule has 4 nitrogen and oxygen atoms in total. The number of aryl methyl sites for hydroxylation is 3. The molecule has 0 atom stereocenters. The number of benzene rings is 2. The van der Waals surface area contributed by atoms with Crippen LogP contribution in [0.5, 0.6) is 0 Å². The highest BCUT2D eigenvalue weighted by molar-refractivity contribution is 5.77. The topological polar surface area (TPSA) is 57.9 Å². The molecular weight excluding hydrogens is 332 g/mol. The van der Waals surface area contributed by atoms with E-state index in [1.165, 1.54) is 16.7 Å². The Labute approximate surface area is 162 Å². The predicted molar refractivity (Wildman–Crippen MR) is 114 cm³/mol. The maximum Gasteiger partial charge on any atom is 0.104 e. The minimum atomic E-state index is 0.432. The molecule has 1 saturated heterocycles. The van der Waals surface area contributed by atoms with Gasteiger partial charge in [0.1, 0.15) is 5.82 Å². The van der Waals surface area contributed by atoms with Gasteiger partial charge >= 0.3 is 0 Å². The van der Waals surface area contributed by atoms with Gasteiger partial charge in [-0.1, -0.05) is 37.3 Å². The fraction of sp³-hybridized carbons (Fsp3) is 0.435. The summed E-state index contributed by atoms with van der Waals surface area (Å²) in [5.74, 6) is 0.989. The zero-order chi connectivity index (χ0) is 19.2. The van der Waals surface area contributed by atoms with Crippen LogP contribution in [0.2, 0.25) is 0 Å². The third kappa shape index (κ3) is 5.41. The Kier molecular flexibility index (Phi) is 6.64. The maximum atomic E-state index is 5.86. The van der Waals surface area contributed by atoms with E-state index in [2.05, 4.69) is 71.2 Å². The number of piperidine rings is 1. The van der Waals surface area contributed by atoms with E-state index < -0.39 is 0 Å². The normalized spacial score (nSPS) is 15.6. The molecule has 3 N–H and O–H groups in total. The van der Waals surface area contributed by atoms with Crippen LogP contribution in [0.25, 0.3) is 11.0 Å². The molecule has 4 heteroatoms. The molecular formula is C23H32N4. The van der Waals surface area contributed by atoms with Gasteiger partial charge in [0.05, 0.1) is 11.0 Å². The molecule has 0 bridgehead atoms. The van der Waals surface area contributed by atoms with Gasteiger partial charge in [0.15, 0.2) is 0 Å². The number of nitrogens with zero attached hydrogens (tertiary/aromatic N) is 2. The Morgan fingerprint density at radius 2 is 1.81 bits per heavy atom. The molecule has 3 aromatic rings. The van der Waals surface area contributed by atoms with Crippen LogP contribution < -0.4 is 5.73 Å². The third-order valence-corrected chi connectivity index (χ3v) is 5.32.